The maximum atomic E-state index is 11.0. The van der Waals surface area contributed by atoms with Gasteiger partial charge >= 0.3 is 6.03 Å². The molecule has 3 rings (SSSR count). The molecule has 7 nitrogen and oxygen atoms in total. The lowest BCUT2D eigenvalue weighted by molar-refractivity contribution is -0.296. The minimum absolute atomic E-state index is 0.433. The molecule has 0 bridgehead atoms. The van der Waals surface area contributed by atoms with Gasteiger partial charge in [0.15, 0.2) is 0 Å². The molecule has 0 aliphatic heterocycles. The van der Waals surface area contributed by atoms with Crippen LogP contribution >= 0.6 is 11.3 Å². The zero-order valence-corrected chi connectivity index (χ0v) is 15.8. The number of carbonyl (C=O) groups excluding carboxylic acids is 1. The van der Waals surface area contributed by atoms with Crippen LogP contribution in [0.15, 0.2) is 60.8 Å². The molecule has 2 aromatic carbocycles. The number of urea groups is 1. The van der Waals surface area contributed by atoms with Crippen molar-refractivity contribution in [2.45, 2.75) is 13.0 Å². The van der Waals surface area contributed by atoms with Crippen LogP contribution in [0.3, 0.4) is 0 Å². The number of hydrogen-bond donors (Lipinski definition) is 2. The Morgan fingerprint density at radius 3 is 2.36 bits per heavy atom. The van der Waals surface area contributed by atoms with E-state index in [1.54, 1.807) is 25.3 Å². The SMILES string of the molecule is CC(C#Cc1cnc(Oc2ccc(Oc3ccccc3)cc2)s1)N(O)C([NH3+])=O. The van der Waals surface area contributed by atoms with E-state index in [1.807, 2.05) is 42.5 Å². The van der Waals surface area contributed by atoms with Crippen molar-refractivity contribution >= 4 is 17.4 Å². The molecule has 0 aliphatic rings. The zero-order valence-electron chi connectivity index (χ0n) is 15.0. The largest absolute Gasteiger partial charge is 0.457 e. The third kappa shape index (κ3) is 5.31. The van der Waals surface area contributed by atoms with Crippen molar-refractivity contribution in [3.8, 4) is 34.3 Å². The Kier molecular flexibility index (Phi) is 6.24. The van der Waals surface area contributed by atoms with Crippen LogP contribution in [0, 0.1) is 11.8 Å². The molecule has 4 N–H and O–H groups in total. The highest BCUT2D eigenvalue weighted by Crippen LogP contribution is 2.29. The summed E-state index contributed by atoms with van der Waals surface area (Å²) >= 11 is 1.26. The molecule has 0 aliphatic carbocycles. The second-order valence-corrected chi connectivity index (χ2v) is 6.66. The van der Waals surface area contributed by atoms with Gasteiger partial charge in [0.2, 0.25) is 0 Å². The van der Waals surface area contributed by atoms with Crippen molar-refractivity contribution in [2.75, 3.05) is 0 Å². The molecule has 1 aromatic heterocycles. The summed E-state index contributed by atoms with van der Waals surface area (Å²) < 4.78 is 11.5. The van der Waals surface area contributed by atoms with E-state index in [0.717, 1.165) is 5.75 Å². The number of thiazole rings is 1. The van der Waals surface area contributed by atoms with Crippen molar-refractivity contribution in [3.63, 3.8) is 0 Å². The van der Waals surface area contributed by atoms with Gasteiger partial charge in [0.05, 0.1) is 6.20 Å². The molecule has 142 valence electrons. The second-order valence-electron chi connectivity index (χ2n) is 5.66. The van der Waals surface area contributed by atoms with E-state index in [9.17, 15) is 10.0 Å². The van der Waals surface area contributed by atoms with Gasteiger partial charge in [0.25, 0.3) is 5.19 Å². The lowest BCUT2D eigenvalue weighted by atomic mass is 10.3. The average molecular weight is 396 g/mol. The summed E-state index contributed by atoms with van der Waals surface area (Å²) in [4.78, 5) is 15.8. The number of para-hydroxylation sites is 1. The standard InChI is InChI=1S/C20H17N3O4S/c1-14(23(25)19(21)24)7-12-18-13-22-20(28-18)27-17-10-8-16(9-11-17)26-15-5-3-2-4-6-15/h2-6,8-11,13-14,25H,1H3,(H2,21,24)/p+1. The molecule has 3 aromatic rings. The van der Waals surface area contributed by atoms with Crippen LogP contribution in [0.4, 0.5) is 4.79 Å². The Morgan fingerprint density at radius 1 is 1.11 bits per heavy atom. The fourth-order valence-corrected chi connectivity index (χ4v) is 2.76. The fourth-order valence-electron chi connectivity index (χ4n) is 2.12. The summed E-state index contributed by atoms with van der Waals surface area (Å²) in [5.74, 6) is 7.68. The smallest absolute Gasteiger partial charge is 0.438 e. The van der Waals surface area contributed by atoms with Crippen LogP contribution in [-0.4, -0.2) is 27.3 Å². The van der Waals surface area contributed by atoms with E-state index >= 15 is 0 Å². The van der Waals surface area contributed by atoms with Crippen LogP contribution in [0.1, 0.15) is 11.8 Å². The first-order valence-corrected chi connectivity index (χ1v) is 9.15. The Bertz CT molecular complexity index is 994. The molecule has 1 heterocycles. The number of amides is 2. The van der Waals surface area contributed by atoms with Gasteiger partial charge in [-0.05, 0) is 43.3 Å². The number of ether oxygens (including phenoxy) is 2. The Morgan fingerprint density at radius 2 is 1.71 bits per heavy atom. The lowest BCUT2D eigenvalue weighted by Crippen LogP contribution is -2.64. The molecule has 28 heavy (non-hydrogen) atoms. The third-order valence-electron chi connectivity index (χ3n) is 3.52. The average Bonchev–Trinajstić information content (AvgIpc) is 3.15. The molecular formula is C20H18N3O4S+. The van der Waals surface area contributed by atoms with Gasteiger partial charge < -0.3 is 9.47 Å². The Balaban J connectivity index is 1.60. The highest BCUT2D eigenvalue weighted by atomic mass is 32.1. The molecule has 0 spiro atoms. The van der Waals surface area contributed by atoms with E-state index in [-0.39, 0.29) is 0 Å². The normalized spacial score (nSPS) is 11.1. The number of quaternary nitrogens is 1. The van der Waals surface area contributed by atoms with E-state index in [1.165, 1.54) is 11.3 Å². The minimum Gasteiger partial charge on any atom is -0.457 e. The Hall–Kier alpha value is -3.38. The summed E-state index contributed by atoms with van der Waals surface area (Å²) in [6, 6.07) is 15.3. The van der Waals surface area contributed by atoms with Crippen molar-refractivity contribution < 1.29 is 25.2 Å². The van der Waals surface area contributed by atoms with Crippen LogP contribution in [-0.2, 0) is 0 Å². The van der Waals surface area contributed by atoms with Crippen molar-refractivity contribution in [1.29, 1.82) is 0 Å². The molecule has 1 atom stereocenters. The van der Waals surface area contributed by atoms with E-state index in [0.29, 0.717) is 26.6 Å². The number of hydrogen-bond acceptors (Lipinski definition) is 6. The summed E-state index contributed by atoms with van der Waals surface area (Å²) in [5.41, 5.74) is 3.13. The van der Waals surface area contributed by atoms with E-state index < -0.39 is 12.1 Å². The highest BCUT2D eigenvalue weighted by Gasteiger charge is 2.15. The topological polar surface area (TPSA) is 99.5 Å². The zero-order chi connectivity index (χ0) is 19.9. The maximum absolute atomic E-state index is 11.0. The number of nitrogens with zero attached hydrogens (tertiary/aromatic N) is 2. The third-order valence-corrected chi connectivity index (χ3v) is 4.31. The number of benzene rings is 2. The second kappa shape index (κ2) is 9.01. The van der Waals surface area contributed by atoms with Crippen LogP contribution in [0.25, 0.3) is 0 Å². The van der Waals surface area contributed by atoms with Crippen LogP contribution in [0.2, 0.25) is 0 Å². The molecule has 0 saturated heterocycles. The Labute approximate surface area is 165 Å². The molecule has 8 heteroatoms. The van der Waals surface area contributed by atoms with Crippen molar-refractivity contribution in [2.24, 2.45) is 0 Å². The first kappa shape index (κ1) is 19.4. The van der Waals surface area contributed by atoms with Gasteiger partial charge in [-0.1, -0.05) is 41.4 Å². The number of aromatic nitrogens is 1. The highest BCUT2D eigenvalue weighted by molar-refractivity contribution is 7.13. The van der Waals surface area contributed by atoms with Crippen LogP contribution in [0.5, 0.6) is 22.4 Å². The molecule has 0 radical (unpaired) electrons. The summed E-state index contributed by atoms with van der Waals surface area (Å²) in [5, 5.41) is 10.4. The predicted molar refractivity (Wildman–Crippen MR) is 103 cm³/mol. The summed E-state index contributed by atoms with van der Waals surface area (Å²) in [6.07, 6.45) is 1.57. The van der Waals surface area contributed by atoms with Gasteiger partial charge in [0, 0.05) is 0 Å². The molecular weight excluding hydrogens is 378 g/mol. The predicted octanol–water partition coefficient (Wildman–Crippen LogP) is 3.52. The number of rotatable bonds is 5. The quantitative estimate of drug-likeness (QED) is 0.390. The fraction of sp³-hybridized carbons (Fsp3) is 0.100. The van der Waals surface area contributed by atoms with Crippen molar-refractivity contribution in [3.05, 3.63) is 65.7 Å². The first-order chi connectivity index (χ1) is 13.5. The summed E-state index contributed by atoms with van der Waals surface area (Å²) in [7, 11) is 0. The minimum atomic E-state index is -0.713. The molecule has 0 saturated carbocycles. The lowest BCUT2D eigenvalue weighted by Gasteiger charge is -2.11. The van der Waals surface area contributed by atoms with Gasteiger partial charge in [-0.25, -0.2) is 9.78 Å². The van der Waals surface area contributed by atoms with E-state index in [2.05, 4.69) is 22.6 Å². The number of carbonyl (C=O) groups is 1. The first-order valence-electron chi connectivity index (χ1n) is 8.33. The van der Waals surface area contributed by atoms with Gasteiger partial charge in [-0.3, -0.25) is 10.9 Å². The molecule has 1 unspecified atom stereocenters. The van der Waals surface area contributed by atoms with Crippen LogP contribution < -0.4 is 15.2 Å². The molecule has 2 amide bonds. The maximum Gasteiger partial charge on any atom is 0.438 e. The van der Waals surface area contributed by atoms with Gasteiger partial charge in [-0.2, -0.15) is 5.06 Å². The monoisotopic (exact) mass is 396 g/mol. The van der Waals surface area contributed by atoms with E-state index in [4.69, 9.17) is 9.47 Å². The molecule has 0 fully saturated rings. The van der Waals surface area contributed by atoms with Crippen molar-refractivity contribution in [1.82, 2.24) is 10.0 Å². The summed E-state index contributed by atoms with van der Waals surface area (Å²) in [6.45, 7) is 1.59. The van der Waals surface area contributed by atoms with Gasteiger partial charge in [-0.15, -0.1) is 0 Å². The number of hydroxylamine groups is 2. The van der Waals surface area contributed by atoms with Gasteiger partial charge in [0.1, 0.15) is 28.2 Å².